The molecule has 0 aromatic rings. The van der Waals surface area contributed by atoms with Crippen molar-refractivity contribution in [2.75, 3.05) is 0 Å². The maximum absolute atomic E-state index is 11.8. The lowest BCUT2D eigenvalue weighted by Crippen LogP contribution is -2.45. The molecule has 6 nitrogen and oxygen atoms in total. The first-order valence-corrected chi connectivity index (χ1v) is 7.07. The van der Waals surface area contributed by atoms with Gasteiger partial charge in [0.15, 0.2) is 0 Å². The van der Waals surface area contributed by atoms with Gasteiger partial charge in [-0.25, -0.2) is 4.79 Å². The van der Waals surface area contributed by atoms with Crippen LogP contribution in [0.4, 0.5) is 4.79 Å². The molecule has 0 aliphatic heterocycles. The second kappa shape index (κ2) is 6.92. The Morgan fingerprint density at radius 3 is 2.25 bits per heavy atom. The van der Waals surface area contributed by atoms with E-state index in [2.05, 4.69) is 5.32 Å². The fourth-order valence-electron chi connectivity index (χ4n) is 2.49. The molecule has 1 fully saturated rings. The lowest BCUT2D eigenvalue weighted by molar-refractivity contribution is -0.138. The van der Waals surface area contributed by atoms with Gasteiger partial charge in [0.05, 0.1) is 12.5 Å². The van der Waals surface area contributed by atoms with Gasteiger partial charge in [0, 0.05) is 6.04 Å². The van der Waals surface area contributed by atoms with Crippen LogP contribution in [0.3, 0.4) is 0 Å². The molecule has 0 heterocycles. The molecule has 3 N–H and O–H groups in total. The number of hydrogen-bond donors (Lipinski definition) is 3. The molecule has 0 spiro atoms. The lowest BCUT2D eigenvalue weighted by atomic mass is 9.81. The molecular formula is C14H25NO5. The number of ether oxygens (including phenoxy) is 1. The summed E-state index contributed by atoms with van der Waals surface area (Å²) < 4.78 is 5.17. The Labute approximate surface area is 119 Å². The van der Waals surface area contributed by atoms with E-state index in [0.717, 1.165) is 12.8 Å². The average molecular weight is 287 g/mol. The number of aliphatic carboxylic acids is 1. The van der Waals surface area contributed by atoms with E-state index in [1.54, 1.807) is 20.8 Å². The summed E-state index contributed by atoms with van der Waals surface area (Å²) in [6.07, 6.45) is 1.71. The number of carbonyl (C=O) groups excluding carboxylic acids is 1. The van der Waals surface area contributed by atoms with Gasteiger partial charge in [-0.1, -0.05) is 0 Å². The van der Waals surface area contributed by atoms with Crippen molar-refractivity contribution >= 4 is 12.1 Å². The Balaban J connectivity index is 2.60. The van der Waals surface area contributed by atoms with Crippen LogP contribution in [0.2, 0.25) is 0 Å². The van der Waals surface area contributed by atoms with E-state index in [9.17, 15) is 14.7 Å². The van der Waals surface area contributed by atoms with Crippen LogP contribution < -0.4 is 5.32 Å². The van der Waals surface area contributed by atoms with Gasteiger partial charge < -0.3 is 20.3 Å². The highest BCUT2D eigenvalue weighted by molar-refractivity contribution is 5.71. The van der Waals surface area contributed by atoms with Crippen LogP contribution >= 0.6 is 0 Å². The molecule has 0 aromatic carbocycles. The van der Waals surface area contributed by atoms with Crippen molar-refractivity contribution in [1.82, 2.24) is 5.32 Å². The van der Waals surface area contributed by atoms with Crippen molar-refractivity contribution in [3.05, 3.63) is 0 Å². The highest BCUT2D eigenvalue weighted by Gasteiger charge is 2.30. The summed E-state index contributed by atoms with van der Waals surface area (Å²) in [5.74, 6) is -0.876. The van der Waals surface area contributed by atoms with Crippen LogP contribution in [0.15, 0.2) is 0 Å². The third-order valence-corrected chi connectivity index (χ3v) is 3.41. The van der Waals surface area contributed by atoms with Crippen LogP contribution in [-0.2, 0) is 9.53 Å². The maximum atomic E-state index is 11.8. The van der Waals surface area contributed by atoms with Gasteiger partial charge in [-0.3, -0.25) is 4.79 Å². The number of carbonyl (C=O) groups is 2. The quantitative estimate of drug-likeness (QED) is 0.734. The number of nitrogens with one attached hydrogen (secondary N) is 1. The highest BCUT2D eigenvalue weighted by atomic mass is 16.6. The minimum atomic E-state index is -0.947. The van der Waals surface area contributed by atoms with Crippen molar-refractivity contribution in [2.24, 2.45) is 5.92 Å². The Hall–Kier alpha value is -1.30. The van der Waals surface area contributed by atoms with Gasteiger partial charge in [-0.15, -0.1) is 0 Å². The van der Waals surface area contributed by atoms with Gasteiger partial charge in [0.2, 0.25) is 0 Å². The first-order chi connectivity index (χ1) is 9.17. The normalized spacial score (nSPS) is 24.8. The topological polar surface area (TPSA) is 95.9 Å². The lowest BCUT2D eigenvalue weighted by Gasteiger charge is -2.32. The maximum Gasteiger partial charge on any atom is 0.407 e. The summed E-state index contributed by atoms with van der Waals surface area (Å²) in [5.41, 5.74) is -0.611. The van der Waals surface area contributed by atoms with E-state index in [-0.39, 0.29) is 18.4 Å². The monoisotopic (exact) mass is 287 g/mol. The molecule has 0 aromatic heterocycles. The van der Waals surface area contributed by atoms with E-state index in [1.165, 1.54) is 0 Å². The highest BCUT2D eigenvalue weighted by Crippen LogP contribution is 2.28. The molecule has 0 bridgehead atoms. The van der Waals surface area contributed by atoms with Crippen molar-refractivity contribution in [3.8, 4) is 0 Å². The number of carboxylic acids is 1. The first-order valence-electron chi connectivity index (χ1n) is 7.07. The Morgan fingerprint density at radius 2 is 1.80 bits per heavy atom. The number of aliphatic hydroxyl groups excluding tert-OH is 1. The summed E-state index contributed by atoms with van der Waals surface area (Å²) in [4.78, 5) is 22.7. The van der Waals surface area contributed by atoms with Crippen molar-refractivity contribution in [3.63, 3.8) is 0 Å². The molecule has 0 radical (unpaired) electrons. The fourth-order valence-corrected chi connectivity index (χ4v) is 2.49. The number of amides is 1. The third-order valence-electron chi connectivity index (χ3n) is 3.41. The molecule has 6 heteroatoms. The molecule has 1 amide bonds. The zero-order valence-corrected chi connectivity index (χ0v) is 12.4. The number of alkyl carbamates (subject to hydrolysis) is 1. The second-order valence-corrected chi connectivity index (χ2v) is 6.42. The summed E-state index contributed by atoms with van der Waals surface area (Å²) >= 11 is 0. The molecule has 1 aliphatic carbocycles. The smallest absolute Gasteiger partial charge is 0.407 e. The minimum Gasteiger partial charge on any atom is -0.481 e. The number of carboxylic acid groups (broad SMARTS) is 1. The van der Waals surface area contributed by atoms with Gasteiger partial charge in [-0.2, -0.15) is 0 Å². The predicted molar refractivity (Wildman–Crippen MR) is 73.4 cm³/mol. The van der Waals surface area contributed by atoms with Crippen molar-refractivity contribution in [2.45, 2.75) is 70.6 Å². The van der Waals surface area contributed by atoms with Crippen LogP contribution in [0.25, 0.3) is 0 Å². The van der Waals surface area contributed by atoms with Crippen LogP contribution in [-0.4, -0.2) is 40.0 Å². The molecule has 20 heavy (non-hydrogen) atoms. The summed E-state index contributed by atoms with van der Waals surface area (Å²) in [6.45, 7) is 5.28. The van der Waals surface area contributed by atoms with E-state index < -0.39 is 23.7 Å². The number of hydrogen-bond acceptors (Lipinski definition) is 4. The van der Waals surface area contributed by atoms with Crippen molar-refractivity contribution < 1.29 is 24.5 Å². The third kappa shape index (κ3) is 6.23. The first kappa shape index (κ1) is 16.8. The molecular weight excluding hydrogens is 262 g/mol. The molecule has 1 atom stereocenters. The standard InChI is InChI=1S/C14H25NO5/c1-14(2,3)20-13(19)15-11(8-12(17)18)9-4-6-10(16)7-5-9/h9-11,16H,4-8H2,1-3H3,(H,15,19)(H,17,18). The zero-order valence-electron chi connectivity index (χ0n) is 12.4. The SMILES string of the molecule is CC(C)(C)OC(=O)NC(CC(=O)O)C1CCC(O)CC1. The average Bonchev–Trinajstić information content (AvgIpc) is 2.25. The summed E-state index contributed by atoms with van der Waals surface area (Å²) in [7, 11) is 0. The van der Waals surface area contributed by atoms with Gasteiger partial charge in [0.1, 0.15) is 5.60 Å². The van der Waals surface area contributed by atoms with Gasteiger partial charge >= 0.3 is 12.1 Å². The minimum absolute atomic E-state index is 0.0713. The summed E-state index contributed by atoms with van der Waals surface area (Å²) in [6, 6.07) is -0.449. The van der Waals surface area contributed by atoms with E-state index >= 15 is 0 Å². The van der Waals surface area contributed by atoms with Gasteiger partial charge in [0.25, 0.3) is 0 Å². The number of aliphatic hydroxyl groups is 1. The van der Waals surface area contributed by atoms with Crippen LogP contribution in [0.1, 0.15) is 52.9 Å². The predicted octanol–water partition coefficient (Wildman–Crippen LogP) is 1.91. The van der Waals surface area contributed by atoms with Crippen LogP contribution in [0.5, 0.6) is 0 Å². The molecule has 1 saturated carbocycles. The largest absolute Gasteiger partial charge is 0.481 e. The molecule has 1 aliphatic rings. The van der Waals surface area contributed by atoms with Gasteiger partial charge in [-0.05, 0) is 52.4 Å². The zero-order chi connectivity index (χ0) is 15.3. The Morgan fingerprint density at radius 1 is 1.25 bits per heavy atom. The Bertz CT molecular complexity index is 342. The molecule has 0 saturated heterocycles. The van der Waals surface area contributed by atoms with Crippen LogP contribution in [0, 0.1) is 5.92 Å². The number of rotatable bonds is 4. The van der Waals surface area contributed by atoms with E-state index in [1.807, 2.05) is 0 Å². The van der Waals surface area contributed by atoms with Crippen molar-refractivity contribution in [1.29, 1.82) is 0 Å². The molecule has 1 unspecified atom stereocenters. The van der Waals surface area contributed by atoms with E-state index in [4.69, 9.17) is 9.84 Å². The van der Waals surface area contributed by atoms with E-state index in [0.29, 0.717) is 12.8 Å². The molecule has 116 valence electrons. The second-order valence-electron chi connectivity index (χ2n) is 6.42. The summed E-state index contributed by atoms with van der Waals surface area (Å²) in [5, 5.41) is 21.1. The fraction of sp³-hybridized carbons (Fsp3) is 0.857. The Kier molecular flexibility index (Phi) is 5.80. The molecule has 1 rings (SSSR count).